The standard InChI is InChI=1S/C9H10BrN/c1-2-9(11)7-3-5-8(10)6-4-7/h2-6,9H,1,11H2. The van der Waals surface area contributed by atoms with Gasteiger partial charge in [0.2, 0.25) is 0 Å². The molecule has 0 saturated heterocycles. The molecule has 0 aliphatic carbocycles. The second-order valence-electron chi connectivity index (χ2n) is 2.31. The van der Waals surface area contributed by atoms with Gasteiger partial charge in [0.25, 0.3) is 0 Å². The molecule has 0 saturated carbocycles. The highest BCUT2D eigenvalue weighted by atomic mass is 79.9. The fourth-order valence-electron chi connectivity index (χ4n) is 0.821. The van der Waals surface area contributed by atoms with Crippen LogP contribution in [0.15, 0.2) is 41.4 Å². The van der Waals surface area contributed by atoms with Crippen LogP contribution < -0.4 is 5.73 Å². The van der Waals surface area contributed by atoms with E-state index in [0.717, 1.165) is 10.0 Å². The van der Waals surface area contributed by atoms with Crippen molar-refractivity contribution in [3.8, 4) is 0 Å². The van der Waals surface area contributed by atoms with Crippen molar-refractivity contribution in [2.24, 2.45) is 5.73 Å². The molecule has 0 radical (unpaired) electrons. The van der Waals surface area contributed by atoms with E-state index in [1.54, 1.807) is 6.08 Å². The van der Waals surface area contributed by atoms with Gasteiger partial charge >= 0.3 is 0 Å². The molecule has 58 valence electrons. The third-order valence-electron chi connectivity index (χ3n) is 1.51. The van der Waals surface area contributed by atoms with Gasteiger partial charge in [0.05, 0.1) is 0 Å². The van der Waals surface area contributed by atoms with E-state index in [4.69, 9.17) is 5.73 Å². The van der Waals surface area contributed by atoms with Crippen LogP contribution in [-0.2, 0) is 0 Å². The van der Waals surface area contributed by atoms with Crippen molar-refractivity contribution in [3.63, 3.8) is 0 Å². The second kappa shape index (κ2) is 3.69. The summed E-state index contributed by atoms with van der Waals surface area (Å²) in [5.41, 5.74) is 6.80. The summed E-state index contributed by atoms with van der Waals surface area (Å²) < 4.78 is 1.07. The average molecular weight is 212 g/mol. The van der Waals surface area contributed by atoms with E-state index in [1.165, 1.54) is 0 Å². The summed E-state index contributed by atoms with van der Waals surface area (Å²) in [5, 5.41) is 0. The zero-order valence-corrected chi connectivity index (χ0v) is 7.71. The lowest BCUT2D eigenvalue weighted by Gasteiger charge is -2.05. The number of halogens is 1. The summed E-state index contributed by atoms with van der Waals surface area (Å²) in [6.45, 7) is 3.62. The van der Waals surface area contributed by atoms with Gasteiger partial charge in [-0.3, -0.25) is 0 Å². The number of rotatable bonds is 2. The predicted molar refractivity (Wildman–Crippen MR) is 51.3 cm³/mol. The van der Waals surface area contributed by atoms with Gasteiger partial charge in [0.1, 0.15) is 0 Å². The highest BCUT2D eigenvalue weighted by Gasteiger charge is 1.98. The maximum atomic E-state index is 5.71. The summed E-state index contributed by atoms with van der Waals surface area (Å²) in [7, 11) is 0. The lowest BCUT2D eigenvalue weighted by Crippen LogP contribution is -2.05. The molecule has 0 aliphatic rings. The molecule has 0 fully saturated rings. The molecule has 0 spiro atoms. The van der Waals surface area contributed by atoms with E-state index >= 15 is 0 Å². The van der Waals surface area contributed by atoms with Gasteiger partial charge in [-0.1, -0.05) is 34.1 Å². The third kappa shape index (κ3) is 2.17. The van der Waals surface area contributed by atoms with Gasteiger partial charge < -0.3 is 5.73 Å². The van der Waals surface area contributed by atoms with Gasteiger partial charge in [-0.05, 0) is 17.7 Å². The monoisotopic (exact) mass is 211 g/mol. The van der Waals surface area contributed by atoms with Crippen molar-refractivity contribution in [3.05, 3.63) is 47.0 Å². The quantitative estimate of drug-likeness (QED) is 0.749. The molecule has 0 aromatic heterocycles. The van der Waals surface area contributed by atoms with Crippen molar-refractivity contribution in [1.82, 2.24) is 0 Å². The Morgan fingerprint density at radius 1 is 1.36 bits per heavy atom. The first-order valence-corrected chi connectivity index (χ1v) is 4.17. The maximum absolute atomic E-state index is 5.71. The summed E-state index contributed by atoms with van der Waals surface area (Å²) >= 11 is 3.35. The van der Waals surface area contributed by atoms with E-state index in [2.05, 4.69) is 22.5 Å². The Kier molecular flexibility index (Phi) is 2.85. The Hall–Kier alpha value is -0.600. The Balaban J connectivity index is 2.89. The third-order valence-corrected chi connectivity index (χ3v) is 2.04. The van der Waals surface area contributed by atoms with Crippen LogP contribution in [0.4, 0.5) is 0 Å². The number of benzene rings is 1. The predicted octanol–water partition coefficient (Wildman–Crippen LogP) is 2.63. The fourth-order valence-corrected chi connectivity index (χ4v) is 1.09. The van der Waals surface area contributed by atoms with Crippen molar-refractivity contribution in [1.29, 1.82) is 0 Å². The van der Waals surface area contributed by atoms with Gasteiger partial charge in [0.15, 0.2) is 0 Å². The van der Waals surface area contributed by atoms with E-state index in [-0.39, 0.29) is 6.04 Å². The van der Waals surface area contributed by atoms with Gasteiger partial charge in [-0.15, -0.1) is 6.58 Å². The molecule has 2 heteroatoms. The first-order valence-electron chi connectivity index (χ1n) is 3.37. The summed E-state index contributed by atoms with van der Waals surface area (Å²) in [6.07, 6.45) is 1.73. The van der Waals surface area contributed by atoms with Crippen LogP contribution in [0.2, 0.25) is 0 Å². The van der Waals surface area contributed by atoms with Crippen molar-refractivity contribution >= 4 is 15.9 Å². The van der Waals surface area contributed by atoms with Gasteiger partial charge in [-0.2, -0.15) is 0 Å². The minimum atomic E-state index is -0.0527. The summed E-state index contributed by atoms with van der Waals surface area (Å²) in [4.78, 5) is 0. The molecule has 1 atom stereocenters. The molecule has 2 N–H and O–H groups in total. The number of nitrogens with two attached hydrogens (primary N) is 1. The highest BCUT2D eigenvalue weighted by molar-refractivity contribution is 9.10. The first kappa shape index (κ1) is 8.50. The Morgan fingerprint density at radius 2 is 1.91 bits per heavy atom. The molecule has 1 aromatic carbocycles. The molecule has 11 heavy (non-hydrogen) atoms. The van der Waals surface area contributed by atoms with E-state index < -0.39 is 0 Å². The van der Waals surface area contributed by atoms with E-state index in [9.17, 15) is 0 Å². The lowest BCUT2D eigenvalue weighted by atomic mass is 10.1. The molecule has 1 aromatic rings. The summed E-state index contributed by atoms with van der Waals surface area (Å²) in [6, 6.07) is 7.85. The normalized spacial score (nSPS) is 12.5. The van der Waals surface area contributed by atoms with Crippen molar-refractivity contribution in [2.75, 3.05) is 0 Å². The SMILES string of the molecule is C=CC(N)c1ccc(Br)cc1. The molecule has 1 rings (SSSR count). The van der Waals surface area contributed by atoms with Crippen molar-refractivity contribution < 1.29 is 0 Å². The van der Waals surface area contributed by atoms with Crippen LogP contribution in [0, 0.1) is 0 Å². The van der Waals surface area contributed by atoms with Crippen LogP contribution in [-0.4, -0.2) is 0 Å². The largest absolute Gasteiger partial charge is 0.321 e. The minimum absolute atomic E-state index is 0.0527. The van der Waals surface area contributed by atoms with Crippen LogP contribution in [0.25, 0.3) is 0 Å². The fraction of sp³-hybridized carbons (Fsp3) is 0.111. The molecule has 0 heterocycles. The maximum Gasteiger partial charge on any atom is 0.0478 e. The Morgan fingerprint density at radius 3 is 2.36 bits per heavy atom. The number of hydrogen-bond donors (Lipinski definition) is 1. The molecule has 0 bridgehead atoms. The van der Waals surface area contributed by atoms with Crippen molar-refractivity contribution in [2.45, 2.75) is 6.04 Å². The molecular formula is C9H10BrN. The van der Waals surface area contributed by atoms with Gasteiger partial charge in [-0.25, -0.2) is 0 Å². The van der Waals surface area contributed by atoms with Crippen LogP contribution in [0.5, 0.6) is 0 Å². The molecular weight excluding hydrogens is 202 g/mol. The molecule has 1 unspecified atom stereocenters. The average Bonchev–Trinajstić information content (AvgIpc) is 2.05. The van der Waals surface area contributed by atoms with E-state index in [0.29, 0.717) is 0 Å². The number of hydrogen-bond acceptors (Lipinski definition) is 1. The molecule has 0 amide bonds. The lowest BCUT2D eigenvalue weighted by molar-refractivity contribution is 0.914. The van der Waals surface area contributed by atoms with Crippen LogP contribution in [0.1, 0.15) is 11.6 Å². The Bertz CT molecular complexity index is 240. The highest BCUT2D eigenvalue weighted by Crippen LogP contribution is 2.15. The minimum Gasteiger partial charge on any atom is -0.321 e. The second-order valence-corrected chi connectivity index (χ2v) is 3.23. The van der Waals surface area contributed by atoms with Crippen LogP contribution >= 0.6 is 15.9 Å². The molecule has 1 nitrogen and oxygen atoms in total. The zero-order valence-electron chi connectivity index (χ0n) is 6.13. The first-order chi connectivity index (χ1) is 5.24. The Labute approximate surface area is 75.0 Å². The summed E-state index contributed by atoms with van der Waals surface area (Å²) in [5.74, 6) is 0. The van der Waals surface area contributed by atoms with Crippen LogP contribution in [0.3, 0.4) is 0 Å². The zero-order chi connectivity index (χ0) is 8.27. The smallest absolute Gasteiger partial charge is 0.0478 e. The molecule has 0 aliphatic heterocycles. The van der Waals surface area contributed by atoms with E-state index in [1.807, 2.05) is 24.3 Å². The van der Waals surface area contributed by atoms with Gasteiger partial charge in [0, 0.05) is 10.5 Å². The topological polar surface area (TPSA) is 26.0 Å².